The Bertz CT molecular complexity index is 948. The van der Waals surface area contributed by atoms with Crippen LogP contribution in [0.2, 0.25) is 0 Å². The highest BCUT2D eigenvalue weighted by Crippen LogP contribution is 2.41. The Balaban J connectivity index is 1.19. The van der Waals surface area contributed by atoms with Gasteiger partial charge in [0.25, 0.3) is 0 Å². The summed E-state index contributed by atoms with van der Waals surface area (Å²) in [5.74, 6) is 4.31. The zero-order chi connectivity index (χ0) is 23.3. The van der Waals surface area contributed by atoms with E-state index in [0.717, 1.165) is 29.6 Å². The molecule has 180 valence electrons. The molecule has 2 fully saturated rings. The van der Waals surface area contributed by atoms with E-state index in [9.17, 15) is 0 Å². The normalized spacial score (nSPS) is 29.2. The fraction of sp³-hybridized carbons (Fsp3) is 0.529. The minimum absolute atomic E-state index is 0.739. The first-order valence-electron chi connectivity index (χ1n) is 14.2. The van der Waals surface area contributed by atoms with E-state index >= 15 is 0 Å². The van der Waals surface area contributed by atoms with Crippen molar-refractivity contribution >= 4 is 0 Å². The number of fused-ring (bicyclic) bond motifs is 1. The second-order valence-electron chi connectivity index (χ2n) is 11.6. The fourth-order valence-electron chi connectivity index (χ4n) is 7.30. The van der Waals surface area contributed by atoms with Crippen LogP contribution in [0.25, 0.3) is 11.1 Å². The minimum Gasteiger partial charge on any atom is -0.103 e. The van der Waals surface area contributed by atoms with Gasteiger partial charge in [-0.25, -0.2) is 0 Å². The monoisotopic (exact) mass is 452 g/mol. The number of hydrogen-bond donors (Lipinski definition) is 0. The maximum Gasteiger partial charge on any atom is -0.0162 e. The molecule has 0 heterocycles. The van der Waals surface area contributed by atoms with Crippen molar-refractivity contribution in [1.29, 1.82) is 0 Å². The molecule has 0 radical (unpaired) electrons. The van der Waals surface area contributed by atoms with Gasteiger partial charge in [0.05, 0.1) is 0 Å². The second-order valence-corrected chi connectivity index (χ2v) is 11.6. The standard InChI is InChI=1S/C34H44/c1-3-5-6-26-9-13-29(14-10-26)31-19-21-34-24-32(20-22-33(34)23-31)30-17-15-28(16-18-30)27-11-7-25(4-2)8-12-27/h3-4,15-18,20,22,24-27,29,31H,1-2,5-14,19,21,23H2. The van der Waals surface area contributed by atoms with Crippen LogP contribution in [0.1, 0.15) is 93.2 Å². The summed E-state index contributed by atoms with van der Waals surface area (Å²) < 4.78 is 0. The Labute approximate surface area is 208 Å². The van der Waals surface area contributed by atoms with Gasteiger partial charge >= 0.3 is 0 Å². The lowest BCUT2D eigenvalue weighted by Gasteiger charge is -2.36. The molecule has 0 N–H and O–H groups in total. The van der Waals surface area contributed by atoms with Gasteiger partial charge in [0.1, 0.15) is 0 Å². The summed E-state index contributed by atoms with van der Waals surface area (Å²) in [7, 11) is 0. The number of hydrogen-bond acceptors (Lipinski definition) is 0. The van der Waals surface area contributed by atoms with Gasteiger partial charge in [-0.05, 0) is 128 Å². The lowest BCUT2D eigenvalue weighted by molar-refractivity contribution is 0.185. The molecule has 1 unspecified atom stereocenters. The first kappa shape index (κ1) is 23.7. The lowest BCUT2D eigenvalue weighted by atomic mass is 9.69. The summed E-state index contributed by atoms with van der Waals surface area (Å²) in [4.78, 5) is 0. The summed E-state index contributed by atoms with van der Waals surface area (Å²) in [5.41, 5.74) is 7.56. The van der Waals surface area contributed by atoms with Crippen molar-refractivity contribution in [3.05, 3.63) is 84.5 Å². The van der Waals surface area contributed by atoms with Gasteiger partial charge in [0, 0.05) is 0 Å². The van der Waals surface area contributed by atoms with E-state index in [-0.39, 0.29) is 0 Å². The largest absolute Gasteiger partial charge is 0.103 e. The topological polar surface area (TPSA) is 0 Å². The van der Waals surface area contributed by atoms with Gasteiger partial charge in [0.2, 0.25) is 0 Å². The molecule has 2 saturated carbocycles. The van der Waals surface area contributed by atoms with Gasteiger partial charge in [-0.2, -0.15) is 0 Å². The van der Waals surface area contributed by atoms with Crippen molar-refractivity contribution in [2.24, 2.45) is 23.7 Å². The molecular weight excluding hydrogens is 408 g/mol. The molecule has 0 amide bonds. The molecule has 0 spiro atoms. The van der Waals surface area contributed by atoms with E-state index in [4.69, 9.17) is 0 Å². The van der Waals surface area contributed by atoms with E-state index in [1.54, 1.807) is 11.1 Å². The average molecular weight is 453 g/mol. The van der Waals surface area contributed by atoms with Crippen molar-refractivity contribution < 1.29 is 0 Å². The third-order valence-electron chi connectivity index (χ3n) is 9.63. The second kappa shape index (κ2) is 11.1. The van der Waals surface area contributed by atoms with Crippen LogP contribution in [-0.2, 0) is 12.8 Å². The van der Waals surface area contributed by atoms with Crippen molar-refractivity contribution in [2.75, 3.05) is 0 Å². The van der Waals surface area contributed by atoms with Crippen LogP contribution in [0.4, 0.5) is 0 Å². The first-order valence-corrected chi connectivity index (χ1v) is 14.2. The molecule has 1 atom stereocenters. The Hall–Kier alpha value is -2.08. The van der Waals surface area contributed by atoms with Crippen LogP contribution in [0, 0.1) is 23.7 Å². The summed E-state index contributed by atoms with van der Waals surface area (Å²) in [5, 5.41) is 0. The summed E-state index contributed by atoms with van der Waals surface area (Å²) >= 11 is 0. The van der Waals surface area contributed by atoms with Crippen molar-refractivity contribution in [3.8, 4) is 11.1 Å². The highest BCUT2D eigenvalue weighted by molar-refractivity contribution is 5.65. The molecule has 0 heteroatoms. The van der Waals surface area contributed by atoms with E-state index in [1.165, 1.54) is 100 Å². The zero-order valence-electron chi connectivity index (χ0n) is 21.2. The smallest absolute Gasteiger partial charge is 0.0162 e. The summed E-state index contributed by atoms with van der Waals surface area (Å²) in [6.07, 6.45) is 21.9. The molecule has 5 rings (SSSR count). The molecule has 0 nitrogen and oxygen atoms in total. The molecule has 0 aliphatic heterocycles. The van der Waals surface area contributed by atoms with Crippen LogP contribution in [0.15, 0.2) is 67.8 Å². The predicted octanol–water partition coefficient (Wildman–Crippen LogP) is 9.69. The third kappa shape index (κ3) is 5.42. The van der Waals surface area contributed by atoms with E-state index in [2.05, 4.69) is 67.8 Å². The number of allylic oxidation sites excluding steroid dienone is 2. The SMILES string of the molecule is C=CCCC1CCC(C2CCc3cc(-c4ccc(C5CCC(C=C)CC5)cc4)ccc3C2)CC1. The van der Waals surface area contributed by atoms with Gasteiger partial charge < -0.3 is 0 Å². The van der Waals surface area contributed by atoms with Crippen molar-refractivity contribution in [3.63, 3.8) is 0 Å². The predicted molar refractivity (Wildman–Crippen MR) is 147 cm³/mol. The lowest BCUT2D eigenvalue weighted by Crippen LogP contribution is -2.26. The van der Waals surface area contributed by atoms with Crippen LogP contribution < -0.4 is 0 Å². The maximum absolute atomic E-state index is 3.99. The number of benzene rings is 2. The number of rotatable bonds is 7. The van der Waals surface area contributed by atoms with Crippen LogP contribution in [0.3, 0.4) is 0 Å². The molecule has 34 heavy (non-hydrogen) atoms. The Morgan fingerprint density at radius 1 is 0.706 bits per heavy atom. The summed E-state index contributed by atoms with van der Waals surface area (Å²) in [6, 6.07) is 16.9. The molecule has 3 aliphatic rings. The molecular formula is C34H44. The van der Waals surface area contributed by atoms with Crippen LogP contribution >= 0.6 is 0 Å². The quantitative estimate of drug-likeness (QED) is 0.367. The summed E-state index contributed by atoms with van der Waals surface area (Å²) in [6.45, 7) is 7.90. The zero-order valence-corrected chi connectivity index (χ0v) is 21.2. The fourth-order valence-corrected chi connectivity index (χ4v) is 7.30. The molecule has 2 aromatic carbocycles. The van der Waals surface area contributed by atoms with Crippen molar-refractivity contribution in [1.82, 2.24) is 0 Å². The minimum atomic E-state index is 0.739. The molecule has 0 bridgehead atoms. The Morgan fingerprint density at radius 3 is 2.15 bits per heavy atom. The van der Waals surface area contributed by atoms with Gasteiger partial charge in [0.15, 0.2) is 0 Å². The maximum atomic E-state index is 3.99. The van der Waals surface area contributed by atoms with E-state index < -0.39 is 0 Å². The first-order chi connectivity index (χ1) is 16.7. The Kier molecular flexibility index (Phi) is 7.73. The average Bonchev–Trinajstić information content (AvgIpc) is 2.92. The van der Waals surface area contributed by atoms with Gasteiger partial charge in [-0.3, -0.25) is 0 Å². The van der Waals surface area contributed by atoms with E-state index in [0.29, 0.717) is 0 Å². The van der Waals surface area contributed by atoms with Crippen LogP contribution in [-0.4, -0.2) is 0 Å². The highest BCUT2D eigenvalue weighted by atomic mass is 14.3. The molecule has 2 aromatic rings. The van der Waals surface area contributed by atoms with E-state index in [1.807, 2.05) is 0 Å². The van der Waals surface area contributed by atoms with Gasteiger partial charge in [-0.15, -0.1) is 13.2 Å². The van der Waals surface area contributed by atoms with Crippen LogP contribution in [0.5, 0.6) is 0 Å². The Morgan fingerprint density at radius 2 is 1.44 bits per heavy atom. The molecule has 0 aromatic heterocycles. The number of aryl methyl sites for hydroxylation is 1. The molecule has 0 saturated heterocycles. The molecule has 3 aliphatic carbocycles. The van der Waals surface area contributed by atoms with Crippen molar-refractivity contribution in [2.45, 2.75) is 89.4 Å². The third-order valence-corrected chi connectivity index (χ3v) is 9.63. The van der Waals surface area contributed by atoms with Gasteiger partial charge in [-0.1, -0.05) is 67.5 Å². The highest BCUT2D eigenvalue weighted by Gasteiger charge is 2.30.